The number of hydrogen-bond acceptors (Lipinski definition) is 2. The molecule has 0 unspecified atom stereocenters. The van der Waals surface area contributed by atoms with Crippen LogP contribution in [-0.2, 0) is 17.8 Å². The van der Waals surface area contributed by atoms with E-state index < -0.39 is 0 Å². The number of rotatable bonds is 10. The molecule has 0 aliphatic rings. The fraction of sp³-hybridized carbons (Fsp3) is 0.217. The maximum atomic E-state index is 12.5. The minimum absolute atomic E-state index is 0.0159. The molecule has 4 heteroatoms. The summed E-state index contributed by atoms with van der Waals surface area (Å²) in [5.41, 5.74) is 2.72. The highest BCUT2D eigenvalue weighted by Gasteiger charge is 2.13. The van der Waals surface area contributed by atoms with Crippen LogP contribution in [-0.4, -0.2) is 29.8 Å². The number of hydrogen-bond donors (Lipinski definition) is 1. The van der Waals surface area contributed by atoms with Crippen molar-refractivity contribution in [3.8, 4) is 0 Å². The van der Waals surface area contributed by atoms with Gasteiger partial charge in [-0.1, -0.05) is 54.6 Å². The van der Waals surface area contributed by atoms with Crippen LogP contribution in [0.2, 0.25) is 0 Å². The van der Waals surface area contributed by atoms with Crippen molar-refractivity contribution < 1.29 is 9.59 Å². The van der Waals surface area contributed by atoms with E-state index in [1.165, 1.54) is 0 Å². The fourth-order valence-corrected chi connectivity index (χ4v) is 2.69. The second-order valence-electron chi connectivity index (χ2n) is 6.25. The average Bonchev–Trinajstić information content (AvgIpc) is 2.71. The minimum atomic E-state index is -0.0618. The van der Waals surface area contributed by atoms with Crippen LogP contribution in [0.5, 0.6) is 0 Å². The lowest BCUT2D eigenvalue weighted by Gasteiger charge is -2.19. The van der Waals surface area contributed by atoms with Crippen molar-refractivity contribution in [1.29, 1.82) is 0 Å². The Morgan fingerprint density at radius 3 is 2.11 bits per heavy atom. The monoisotopic (exact) mass is 362 g/mol. The molecule has 0 bridgehead atoms. The van der Waals surface area contributed by atoms with Gasteiger partial charge in [0.15, 0.2) is 0 Å². The summed E-state index contributed by atoms with van der Waals surface area (Å²) < 4.78 is 0. The van der Waals surface area contributed by atoms with E-state index >= 15 is 0 Å². The Bertz CT molecular complexity index is 757. The molecule has 0 spiro atoms. The van der Waals surface area contributed by atoms with Gasteiger partial charge < -0.3 is 10.2 Å². The van der Waals surface area contributed by atoms with Crippen molar-refractivity contribution in [3.05, 3.63) is 96.6 Å². The first-order valence-electron chi connectivity index (χ1n) is 9.04. The van der Waals surface area contributed by atoms with Crippen LogP contribution >= 0.6 is 0 Å². The molecular weight excluding hydrogens is 336 g/mol. The lowest BCUT2D eigenvalue weighted by molar-refractivity contribution is -0.121. The van der Waals surface area contributed by atoms with Crippen molar-refractivity contribution in [1.82, 2.24) is 10.2 Å². The number of carbonyl (C=O) groups is 2. The summed E-state index contributed by atoms with van der Waals surface area (Å²) in [6.45, 7) is 8.76. The summed E-state index contributed by atoms with van der Waals surface area (Å²) in [4.78, 5) is 26.2. The van der Waals surface area contributed by atoms with E-state index in [1.54, 1.807) is 29.2 Å². The highest BCUT2D eigenvalue weighted by Crippen LogP contribution is 2.09. The Balaban J connectivity index is 1.84. The molecular formula is C23H26N2O2. The molecule has 27 heavy (non-hydrogen) atoms. The Kier molecular flexibility index (Phi) is 8.04. The fourth-order valence-electron chi connectivity index (χ4n) is 2.69. The smallest absolute Gasteiger partial charge is 0.254 e. The number of carbonyl (C=O) groups excluding carboxylic acids is 2. The lowest BCUT2D eigenvalue weighted by Crippen LogP contribution is -2.31. The summed E-state index contributed by atoms with van der Waals surface area (Å²) in [6.07, 6.45) is 4.57. The van der Waals surface area contributed by atoms with Gasteiger partial charge in [0.1, 0.15) is 0 Å². The first-order chi connectivity index (χ1) is 13.1. The number of amides is 2. The SMILES string of the molecule is C=CCN(CC=C)C(=O)c1ccc(CNC(=O)CCc2ccccc2)cc1. The lowest BCUT2D eigenvalue weighted by atomic mass is 10.1. The van der Waals surface area contributed by atoms with Crippen LogP contribution in [0.1, 0.15) is 27.9 Å². The summed E-state index contributed by atoms with van der Waals surface area (Å²) in [5, 5.41) is 2.92. The molecule has 1 N–H and O–H groups in total. The van der Waals surface area contributed by atoms with E-state index in [9.17, 15) is 9.59 Å². The zero-order chi connectivity index (χ0) is 19.5. The van der Waals surface area contributed by atoms with Crippen LogP contribution in [0, 0.1) is 0 Å². The average molecular weight is 362 g/mol. The molecule has 2 amide bonds. The molecule has 0 radical (unpaired) electrons. The molecule has 2 aromatic carbocycles. The largest absolute Gasteiger partial charge is 0.352 e. The van der Waals surface area contributed by atoms with Crippen molar-refractivity contribution >= 4 is 11.8 Å². The van der Waals surface area contributed by atoms with Crippen LogP contribution < -0.4 is 5.32 Å². The van der Waals surface area contributed by atoms with E-state index in [2.05, 4.69) is 18.5 Å². The van der Waals surface area contributed by atoms with Crippen LogP contribution in [0.15, 0.2) is 79.9 Å². The molecule has 4 nitrogen and oxygen atoms in total. The zero-order valence-electron chi connectivity index (χ0n) is 15.6. The van der Waals surface area contributed by atoms with Crippen molar-refractivity contribution in [2.24, 2.45) is 0 Å². The molecule has 0 saturated heterocycles. The molecule has 0 aliphatic carbocycles. The molecule has 2 aromatic rings. The Labute approximate surface area is 161 Å². The molecule has 2 rings (SSSR count). The normalized spacial score (nSPS) is 10.1. The first kappa shape index (κ1) is 20.2. The van der Waals surface area contributed by atoms with Crippen LogP contribution in [0.25, 0.3) is 0 Å². The highest BCUT2D eigenvalue weighted by atomic mass is 16.2. The van der Waals surface area contributed by atoms with Gasteiger partial charge in [0, 0.05) is 31.6 Å². The minimum Gasteiger partial charge on any atom is -0.352 e. The number of aryl methyl sites for hydroxylation is 1. The van der Waals surface area contributed by atoms with Gasteiger partial charge in [-0.3, -0.25) is 9.59 Å². The Hall–Kier alpha value is -3.14. The Morgan fingerprint density at radius 2 is 1.52 bits per heavy atom. The van der Waals surface area contributed by atoms with Gasteiger partial charge in [0.05, 0.1) is 0 Å². The zero-order valence-corrected chi connectivity index (χ0v) is 15.6. The van der Waals surface area contributed by atoms with Gasteiger partial charge in [-0.25, -0.2) is 0 Å². The third-order valence-electron chi connectivity index (χ3n) is 4.16. The van der Waals surface area contributed by atoms with Crippen LogP contribution in [0.4, 0.5) is 0 Å². The van der Waals surface area contributed by atoms with E-state index in [1.807, 2.05) is 42.5 Å². The highest BCUT2D eigenvalue weighted by molar-refractivity contribution is 5.94. The molecule has 0 aromatic heterocycles. The van der Waals surface area contributed by atoms with Gasteiger partial charge in [-0.15, -0.1) is 13.2 Å². The van der Waals surface area contributed by atoms with Crippen molar-refractivity contribution in [2.75, 3.05) is 13.1 Å². The molecule has 0 atom stereocenters. The summed E-state index contributed by atoms with van der Waals surface area (Å²) >= 11 is 0. The van der Waals surface area contributed by atoms with Crippen LogP contribution in [0.3, 0.4) is 0 Å². The maximum absolute atomic E-state index is 12.5. The number of nitrogens with zero attached hydrogens (tertiary/aromatic N) is 1. The topological polar surface area (TPSA) is 49.4 Å². The summed E-state index contributed by atoms with van der Waals surface area (Å²) in [7, 11) is 0. The summed E-state index contributed by atoms with van der Waals surface area (Å²) in [6, 6.07) is 17.3. The predicted octanol–water partition coefficient (Wildman–Crippen LogP) is 3.75. The van der Waals surface area contributed by atoms with Gasteiger partial charge in [-0.2, -0.15) is 0 Å². The summed E-state index contributed by atoms with van der Waals surface area (Å²) in [5.74, 6) is -0.0459. The third-order valence-corrected chi connectivity index (χ3v) is 4.16. The molecule has 140 valence electrons. The van der Waals surface area contributed by atoms with Gasteiger partial charge >= 0.3 is 0 Å². The van der Waals surface area contributed by atoms with E-state index in [4.69, 9.17) is 0 Å². The predicted molar refractivity (Wildman–Crippen MR) is 109 cm³/mol. The van der Waals surface area contributed by atoms with Crippen molar-refractivity contribution in [2.45, 2.75) is 19.4 Å². The van der Waals surface area contributed by atoms with Crippen molar-refractivity contribution in [3.63, 3.8) is 0 Å². The second-order valence-corrected chi connectivity index (χ2v) is 6.25. The van der Waals surface area contributed by atoms with E-state index in [0.29, 0.717) is 31.6 Å². The number of benzene rings is 2. The quantitative estimate of drug-likeness (QED) is 0.655. The van der Waals surface area contributed by atoms with E-state index in [0.717, 1.165) is 17.5 Å². The number of nitrogens with one attached hydrogen (secondary N) is 1. The van der Waals surface area contributed by atoms with Gasteiger partial charge in [0.25, 0.3) is 5.91 Å². The maximum Gasteiger partial charge on any atom is 0.254 e. The molecule has 0 saturated carbocycles. The van der Waals surface area contributed by atoms with Gasteiger partial charge in [0.2, 0.25) is 5.91 Å². The molecule has 0 aliphatic heterocycles. The van der Waals surface area contributed by atoms with E-state index in [-0.39, 0.29) is 11.8 Å². The third kappa shape index (κ3) is 6.59. The molecule has 0 fully saturated rings. The second kappa shape index (κ2) is 10.8. The first-order valence-corrected chi connectivity index (χ1v) is 9.04. The Morgan fingerprint density at radius 1 is 0.889 bits per heavy atom. The molecule has 0 heterocycles. The van der Waals surface area contributed by atoms with Gasteiger partial charge in [-0.05, 0) is 29.7 Å². The standard InChI is InChI=1S/C23H26N2O2/c1-3-16-25(17-4-2)23(27)21-13-10-20(11-14-21)18-24-22(26)15-12-19-8-6-5-7-9-19/h3-11,13-14H,1-2,12,15-18H2,(H,24,26).